The van der Waals surface area contributed by atoms with Gasteiger partial charge >= 0.3 is 6.18 Å². The van der Waals surface area contributed by atoms with E-state index in [4.69, 9.17) is 5.26 Å². The van der Waals surface area contributed by atoms with E-state index in [1.54, 1.807) is 0 Å². The number of hydrogen-bond acceptors (Lipinski definition) is 4. The van der Waals surface area contributed by atoms with Crippen LogP contribution < -0.4 is 0 Å². The van der Waals surface area contributed by atoms with Crippen LogP contribution in [0.5, 0.6) is 0 Å². The quantitative estimate of drug-likeness (QED) is 0.587. The lowest BCUT2D eigenvalue weighted by Gasteiger charge is -2.34. The highest BCUT2D eigenvalue weighted by molar-refractivity contribution is 7.89. The number of carbonyl (C=O) groups is 1. The molecule has 0 unspecified atom stereocenters. The smallest absolute Gasteiger partial charge is 0.329 e. The fourth-order valence-electron chi connectivity index (χ4n) is 3.73. The van der Waals surface area contributed by atoms with E-state index >= 15 is 0 Å². The molecule has 3 rings (SSSR count). The lowest BCUT2D eigenvalue weighted by atomic mass is 9.96. The second-order valence-electron chi connectivity index (χ2n) is 7.73. The summed E-state index contributed by atoms with van der Waals surface area (Å²) in [6, 6.07) is 12.7. The Morgan fingerprint density at radius 3 is 2.24 bits per heavy atom. The summed E-state index contributed by atoms with van der Waals surface area (Å²) in [5, 5.41) is 8.86. The maximum Gasteiger partial charge on any atom is 0.406 e. The van der Waals surface area contributed by atoms with Crippen molar-refractivity contribution < 1.29 is 30.8 Å². The van der Waals surface area contributed by atoms with Crippen molar-refractivity contribution in [3.05, 3.63) is 65.5 Å². The van der Waals surface area contributed by atoms with E-state index in [1.807, 2.05) is 6.07 Å². The molecule has 0 aliphatic carbocycles. The Bertz CT molecular complexity index is 1140. The van der Waals surface area contributed by atoms with E-state index in [2.05, 4.69) is 0 Å². The number of piperidine rings is 1. The highest BCUT2D eigenvalue weighted by Gasteiger charge is 2.38. The van der Waals surface area contributed by atoms with Gasteiger partial charge in [-0.25, -0.2) is 12.8 Å². The lowest BCUT2D eigenvalue weighted by molar-refractivity contribution is -0.165. The summed E-state index contributed by atoms with van der Waals surface area (Å²) in [6.45, 7) is -1.95. The van der Waals surface area contributed by atoms with Crippen LogP contribution in [0.2, 0.25) is 0 Å². The summed E-state index contributed by atoms with van der Waals surface area (Å²) in [5.41, 5.74) is 0.780. The molecule has 0 N–H and O–H groups in total. The zero-order valence-electron chi connectivity index (χ0n) is 17.4. The molecule has 11 heteroatoms. The van der Waals surface area contributed by atoms with E-state index < -0.39 is 45.3 Å². The van der Waals surface area contributed by atoms with Gasteiger partial charge in [-0.2, -0.15) is 22.7 Å². The maximum atomic E-state index is 14.0. The summed E-state index contributed by atoms with van der Waals surface area (Å²) in [5.74, 6) is -2.41. The molecule has 2 aromatic carbocycles. The zero-order valence-corrected chi connectivity index (χ0v) is 18.2. The van der Waals surface area contributed by atoms with Crippen LogP contribution in [0.25, 0.3) is 0 Å². The number of hydrogen-bond donors (Lipinski definition) is 0. The first kappa shape index (κ1) is 24.7. The average molecular weight is 483 g/mol. The molecule has 0 saturated carbocycles. The van der Waals surface area contributed by atoms with Crippen molar-refractivity contribution in [2.45, 2.75) is 30.5 Å². The highest BCUT2D eigenvalue weighted by Crippen LogP contribution is 2.28. The van der Waals surface area contributed by atoms with Crippen LogP contribution in [0.3, 0.4) is 0 Å². The maximum absolute atomic E-state index is 14.0. The van der Waals surface area contributed by atoms with Crippen molar-refractivity contribution in [3.63, 3.8) is 0 Å². The van der Waals surface area contributed by atoms with Crippen LogP contribution >= 0.6 is 0 Å². The fourth-order valence-corrected chi connectivity index (χ4v) is 5.26. The Hall–Kier alpha value is -2.97. The number of alkyl halides is 3. The van der Waals surface area contributed by atoms with Gasteiger partial charge in [0.25, 0.3) is 0 Å². The Kier molecular flexibility index (Phi) is 7.39. The van der Waals surface area contributed by atoms with Gasteiger partial charge in [-0.15, -0.1) is 0 Å². The van der Waals surface area contributed by atoms with Gasteiger partial charge in [0, 0.05) is 25.6 Å². The Balaban J connectivity index is 1.71. The van der Waals surface area contributed by atoms with E-state index in [0.717, 1.165) is 16.4 Å². The summed E-state index contributed by atoms with van der Waals surface area (Å²) in [4.78, 5) is 13.2. The molecular weight excluding hydrogens is 462 g/mol. The summed E-state index contributed by atoms with van der Waals surface area (Å²) in [6.07, 6.45) is -4.57. The standard InChI is InChI=1S/C22H21F4N3O3S/c23-19-3-1-2-4-20(19)33(31,32)29-11-9-18(10-12-29)21(30)28(15-22(24,25)26)14-17-7-5-16(13-27)6-8-17/h1-8,18H,9-12,14-15H2. The van der Waals surface area contributed by atoms with Crippen LogP contribution in [-0.4, -0.2) is 49.3 Å². The minimum absolute atomic E-state index is 0.0221. The number of nitrogens with zero attached hydrogens (tertiary/aromatic N) is 3. The molecule has 2 aromatic rings. The lowest BCUT2D eigenvalue weighted by Crippen LogP contribution is -2.46. The number of sulfonamides is 1. The summed E-state index contributed by atoms with van der Waals surface area (Å²) >= 11 is 0. The van der Waals surface area contributed by atoms with Crippen molar-refractivity contribution in [1.82, 2.24) is 9.21 Å². The van der Waals surface area contributed by atoms with Gasteiger partial charge in [0.05, 0.1) is 11.6 Å². The predicted octanol–water partition coefficient (Wildman–Crippen LogP) is 3.69. The second kappa shape index (κ2) is 9.89. The first-order valence-electron chi connectivity index (χ1n) is 10.1. The van der Waals surface area contributed by atoms with Crippen LogP contribution in [0.4, 0.5) is 17.6 Å². The molecule has 1 aliphatic rings. The van der Waals surface area contributed by atoms with Crippen LogP contribution in [-0.2, 0) is 21.4 Å². The SMILES string of the molecule is N#Cc1ccc(CN(CC(F)(F)F)C(=O)C2CCN(S(=O)(=O)c3ccccc3F)CC2)cc1. The van der Waals surface area contributed by atoms with Gasteiger partial charge in [-0.3, -0.25) is 4.79 Å². The van der Waals surface area contributed by atoms with E-state index in [-0.39, 0.29) is 32.5 Å². The molecule has 1 heterocycles. The van der Waals surface area contributed by atoms with Gasteiger partial charge in [-0.05, 0) is 42.7 Å². The Labute approximate surface area is 189 Å². The molecule has 0 radical (unpaired) electrons. The van der Waals surface area contributed by atoms with Crippen LogP contribution in [0.1, 0.15) is 24.0 Å². The second-order valence-corrected chi connectivity index (χ2v) is 9.63. The molecule has 1 fully saturated rings. The van der Waals surface area contributed by atoms with Crippen LogP contribution in [0.15, 0.2) is 53.4 Å². The zero-order chi connectivity index (χ0) is 24.2. The number of nitriles is 1. The molecule has 0 atom stereocenters. The third kappa shape index (κ3) is 6.09. The normalized spacial score (nSPS) is 15.7. The molecule has 1 aliphatic heterocycles. The number of amides is 1. The van der Waals surface area contributed by atoms with Crippen molar-refractivity contribution in [2.75, 3.05) is 19.6 Å². The third-order valence-electron chi connectivity index (χ3n) is 5.40. The summed E-state index contributed by atoms with van der Waals surface area (Å²) in [7, 11) is -4.12. The molecule has 1 saturated heterocycles. The largest absolute Gasteiger partial charge is 0.406 e. The van der Waals surface area contributed by atoms with Gasteiger partial charge in [-0.1, -0.05) is 24.3 Å². The molecular formula is C22H21F4N3O3S. The minimum Gasteiger partial charge on any atom is -0.329 e. The number of carbonyl (C=O) groups excluding carboxylic acids is 1. The predicted molar refractivity (Wildman–Crippen MR) is 111 cm³/mol. The van der Waals surface area contributed by atoms with Gasteiger partial charge in [0.15, 0.2) is 0 Å². The molecule has 0 aromatic heterocycles. The summed E-state index contributed by atoms with van der Waals surface area (Å²) < 4.78 is 79.9. The van der Waals surface area contributed by atoms with Gasteiger partial charge in [0.2, 0.25) is 15.9 Å². The highest BCUT2D eigenvalue weighted by atomic mass is 32.2. The molecule has 176 valence electrons. The van der Waals surface area contributed by atoms with Crippen LogP contribution in [0, 0.1) is 23.1 Å². The van der Waals surface area contributed by atoms with Crippen molar-refractivity contribution in [3.8, 4) is 6.07 Å². The Morgan fingerprint density at radius 2 is 1.70 bits per heavy atom. The first-order valence-corrected chi connectivity index (χ1v) is 11.5. The van der Waals surface area contributed by atoms with E-state index in [1.165, 1.54) is 36.4 Å². The Morgan fingerprint density at radius 1 is 1.09 bits per heavy atom. The minimum atomic E-state index is -4.61. The van der Waals surface area contributed by atoms with E-state index in [0.29, 0.717) is 16.0 Å². The van der Waals surface area contributed by atoms with E-state index in [9.17, 15) is 30.8 Å². The molecule has 6 nitrogen and oxygen atoms in total. The molecule has 33 heavy (non-hydrogen) atoms. The number of rotatable bonds is 6. The van der Waals surface area contributed by atoms with Crippen molar-refractivity contribution in [1.29, 1.82) is 5.26 Å². The van der Waals surface area contributed by atoms with Gasteiger partial charge < -0.3 is 4.90 Å². The fraction of sp³-hybridized carbons (Fsp3) is 0.364. The van der Waals surface area contributed by atoms with Crippen molar-refractivity contribution in [2.24, 2.45) is 5.92 Å². The third-order valence-corrected chi connectivity index (χ3v) is 7.33. The topological polar surface area (TPSA) is 81.5 Å². The first-order chi connectivity index (χ1) is 15.5. The molecule has 0 spiro atoms. The van der Waals surface area contributed by atoms with Crippen molar-refractivity contribution >= 4 is 15.9 Å². The molecule has 1 amide bonds. The molecule has 0 bridgehead atoms. The average Bonchev–Trinajstić information content (AvgIpc) is 2.78. The number of benzene rings is 2. The number of halogens is 4. The monoisotopic (exact) mass is 483 g/mol. The van der Waals surface area contributed by atoms with Gasteiger partial charge in [0.1, 0.15) is 17.3 Å².